The van der Waals surface area contributed by atoms with Crippen LogP contribution in [-0.4, -0.2) is 60.9 Å². The van der Waals surface area contributed by atoms with Crippen molar-refractivity contribution in [1.82, 2.24) is 15.5 Å². The van der Waals surface area contributed by atoms with E-state index in [1.807, 2.05) is 0 Å². The van der Waals surface area contributed by atoms with Crippen molar-refractivity contribution >= 4 is 35.4 Å². The average molecular weight is 394 g/mol. The van der Waals surface area contributed by atoms with E-state index < -0.39 is 36.2 Å². The number of urea groups is 1. The Balaban J connectivity index is 1.57. The van der Waals surface area contributed by atoms with E-state index in [2.05, 4.69) is 16.0 Å². The van der Waals surface area contributed by atoms with Crippen LogP contribution in [0.5, 0.6) is 0 Å². The summed E-state index contributed by atoms with van der Waals surface area (Å²) in [4.78, 5) is 58.5. The van der Waals surface area contributed by atoms with E-state index in [-0.39, 0.29) is 38.4 Å². The van der Waals surface area contributed by atoms with E-state index in [0.29, 0.717) is 5.69 Å². The Morgan fingerprint density at radius 3 is 2.50 bits per heavy atom. The number of benzene rings is 1. The number of amides is 5. The first-order valence-electron chi connectivity index (χ1n) is 8.41. The van der Waals surface area contributed by atoms with E-state index in [0.717, 1.165) is 4.90 Å². The van der Waals surface area contributed by atoms with E-state index in [9.17, 15) is 28.4 Å². The molecule has 0 aliphatic carbocycles. The molecule has 0 aromatic heterocycles. The Morgan fingerprint density at radius 2 is 1.86 bits per heavy atom. The molecule has 1 aliphatic rings. The van der Waals surface area contributed by atoms with Gasteiger partial charge in [-0.25, -0.2) is 9.18 Å². The molecule has 5 amide bonds. The van der Waals surface area contributed by atoms with Crippen LogP contribution in [0.1, 0.15) is 12.8 Å². The van der Waals surface area contributed by atoms with Crippen LogP contribution >= 0.6 is 0 Å². The number of nitrogens with one attached hydrogen (secondary N) is 3. The fourth-order valence-electron chi connectivity index (χ4n) is 2.25. The summed E-state index contributed by atoms with van der Waals surface area (Å²) < 4.78 is 17.5. The van der Waals surface area contributed by atoms with Gasteiger partial charge in [0.1, 0.15) is 5.82 Å². The average Bonchev–Trinajstić information content (AvgIpc) is 2.98. The molecule has 0 radical (unpaired) electrons. The maximum atomic E-state index is 12.8. The third-order valence-electron chi connectivity index (χ3n) is 3.64. The largest absolute Gasteiger partial charge is 0.456 e. The van der Waals surface area contributed by atoms with Crippen LogP contribution in [0, 0.1) is 5.82 Å². The highest BCUT2D eigenvalue weighted by atomic mass is 19.1. The van der Waals surface area contributed by atoms with Gasteiger partial charge in [-0.15, -0.1) is 0 Å². The minimum absolute atomic E-state index is 0.0574. The maximum absolute atomic E-state index is 12.8. The van der Waals surface area contributed by atoms with Crippen molar-refractivity contribution in [3.05, 3.63) is 30.1 Å². The highest BCUT2D eigenvalue weighted by Gasteiger charge is 2.27. The number of carbonyl (C=O) groups excluding carboxylic acids is 5. The molecule has 1 aromatic carbocycles. The molecule has 1 aromatic rings. The second-order valence-corrected chi connectivity index (χ2v) is 5.80. The highest BCUT2D eigenvalue weighted by Crippen LogP contribution is 2.07. The fourth-order valence-corrected chi connectivity index (χ4v) is 2.25. The fraction of sp³-hybridized carbons (Fsp3) is 0.353. The third-order valence-corrected chi connectivity index (χ3v) is 3.64. The van der Waals surface area contributed by atoms with Crippen LogP contribution in [0.15, 0.2) is 24.3 Å². The first-order valence-corrected chi connectivity index (χ1v) is 8.41. The minimum Gasteiger partial charge on any atom is -0.456 e. The van der Waals surface area contributed by atoms with Crippen LogP contribution in [0.3, 0.4) is 0 Å². The molecule has 1 saturated heterocycles. The Morgan fingerprint density at radius 1 is 1.14 bits per heavy atom. The Labute approximate surface area is 159 Å². The molecule has 3 N–H and O–H groups in total. The summed E-state index contributed by atoms with van der Waals surface area (Å²) in [5, 5.41) is 7.09. The quantitative estimate of drug-likeness (QED) is 0.391. The second kappa shape index (κ2) is 10.00. The van der Waals surface area contributed by atoms with Gasteiger partial charge in [-0.3, -0.25) is 24.1 Å². The number of ether oxygens (including phenoxy) is 1. The summed E-state index contributed by atoms with van der Waals surface area (Å²) in [7, 11) is 0. The van der Waals surface area contributed by atoms with Gasteiger partial charge in [0.2, 0.25) is 11.8 Å². The van der Waals surface area contributed by atoms with Crippen molar-refractivity contribution in [2.75, 3.05) is 31.6 Å². The molecular weight excluding hydrogens is 375 g/mol. The molecule has 0 unspecified atom stereocenters. The zero-order valence-corrected chi connectivity index (χ0v) is 14.8. The monoisotopic (exact) mass is 394 g/mol. The molecule has 2 rings (SSSR count). The second-order valence-electron chi connectivity index (χ2n) is 5.80. The number of nitrogens with zero attached hydrogens (tertiary/aromatic N) is 1. The number of imide groups is 1. The van der Waals surface area contributed by atoms with Crippen molar-refractivity contribution in [2.24, 2.45) is 0 Å². The maximum Gasteiger partial charge on any atom is 0.324 e. The normalized spacial score (nSPS) is 13.1. The zero-order chi connectivity index (χ0) is 20.5. The van der Waals surface area contributed by atoms with Gasteiger partial charge in [-0.1, -0.05) is 0 Å². The van der Waals surface area contributed by atoms with Crippen LogP contribution < -0.4 is 16.0 Å². The Hall–Kier alpha value is -3.50. The molecule has 10 nitrogen and oxygen atoms in total. The standard InChI is InChI=1S/C17H19FN4O6/c18-11-3-5-12(6-4-11)21-13(23)8-19-14(24)10-28-16(26)2-1-7-22-15(25)9-20-17(22)27/h3-6H,1-2,7-10H2,(H,19,24)(H,20,27)(H,21,23). The first kappa shape index (κ1) is 20.8. The number of anilines is 1. The number of hydrogen-bond acceptors (Lipinski definition) is 6. The first-order chi connectivity index (χ1) is 13.3. The number of halogens is 1. The molecule has 28 heavy (non-hydrogen) atoms. The number of carbonyl (C=O) groups is 5. The van der Waals surface area contributed by atoms with E-state index in [1.165, 1.54) is 24.3 Å². The molecule has 11 heteroatoms. The van der Waals surface area contributed by atoms with Gasteiger partial charge in [0, 0.05) is 18.7 Å². The summed E-state index contributed by atoms with van der Waals surface area (Å²) in [5.74, 6) is -2.67. The molecule has 0 saturated carbocycles. The third kappa shape index (κ3) is 6.67. The molecule has 0 bridgehead atoms. The van der Waals surface area contributed by atoms with Gasteiger partial charge in [-0.2, -0.15) is 0 Å². The van der Waals surface area contributed by atoms with Crippen LogP contribution in [0.25, 0.3) is 0 Å². The predicted molar refractivity (Wildman–Crippen MR) is 93.3 cm³/mol. The summed E-state index contributed by atoms with van der Waals surface area (Å²) >= 11 is 0. The number of hydrogen-bond donors (Lipinski definition) is 3. The van der Waals surface area contributed by atoms with Gasteiger partial charge in [0.15, 0.2) is 6.61 Å². The predicted octanol–water partition coefficient (Wildman–Crippen LogP) is -0.244. The van der Waals surface area contributed by atoms with Crippen LogP contribution in [0.4, 0.5) is 14.9 Å². The summed E-state index contributed by atoms with van der Waals surface area (Å²) in [6.45, 7) is -0.889. The molecule has 1 fully saturated rings. The lowest BCUT2D eigenvalue weighted by Crippen LogP contribution is -2.35. The van der Waals surface area contributed by atoms with Crippen molar-refractivity contribution in [2.45, 2.75) is 12.8 Å². The van der Waals surface area contributed by atoms with E-state index in [1.54, 1.807) is 0 Å². The smallest absolute Gasteiger partial charge is 0.324 e. The topological polar surface area (TPSA) is 134 Å². The van der Waals surface area contributed by atoms with Crippen LogP contribution in [-0.2, 0) is 23.9 Å². The lowest BCUT2D eigenvalue weighted by Gasteiger charge is -2.11. The minimum atomic E-state index is -0.670. The van der Waals surface area contributed by atoms with Gasteiger partial charge < -0.3 is 20.7 Å². The summed E-state index contributed by atoms with van der Waals surface area (Å²) in [6.07, 6.45) is 0.134. The molecule has 0 atom stereocenters. The molecule has 150 valence electrons. The Bertz CT molecular complexity index is 751. The highest BCUT2D eigenvalue weighted by molar-refractivity contribution is 6.01. The summed E-state index contributed by atoms with van der Waals surface area (Å²) in [5.41, 5.74) is 0.372. The van der Waals surface area contributed by atoms with Gasteiger partial charge in [-0.05, 0) is 30.7 Å². The SMILES string of the molecule is O=C(COC(=O)CCCN1C(=O)CNC1=O)NCC(=O)Nc1ccc(F)cc1. The molecule has 0 spiro atoms. The number of rotatable bonds is 9. The Kier molecular flexibility index (Phi) is 7.43. The van der Waals surface area contributed by atoms with Gasteiger partial charge in [0.25, 0.3) is 5.91 Å². The van der Waals surface area contributed by atoms with Crippen molar-refractivity contribution in [3.63, 3.8) is 0 Å². The lowest BCUT2D eigenvalue weighted by molar-refractivity contribution is -0.148. The van der Waals surface area contributed by atoms with Crippen molar-refractivity contribution in [1.29, 1.82) is 0 Å². The van der Waals surface area contributed by atoms with Crippen molar-refractivity contribution < 1.29 is 33.1 Å². The number of esters is 1. The molecule has 1 aliphatic heterocycles. The molecular formula is C17H19FN4O6. The van der Waals surface area contributed by atoms with Crippen molar-refractivity contribution in [3.8, 4) is 0 Å². The lowest BCUT2D eigenvalue weighted by atomic mass is 10.3. The zero-order valence-electron chi connectivity index (χ0n) is 14.8. The van der Waals surface area contributed by atoms with Gasteiger partial charge in [0.05, 0.1) is 13.1 Å². The van der Waals surface area contributed by atoms with Crippen LogP contribution in [0.2, 0.25) is 0 Å². The van der Waals surface area contributed by atoms with Gasteiger partial charge >= 0.3 is 12.0 Å². The van der Waals surface area contributed by atoms with E-state index in [4.69, 9.17) is 4.74 Å². The van der Waals surface area contributed by atoms with E-state index >= 15 is 0 Å². The summed E-state index contributed by atoms with van der Waals surface area (Å²) in [6, 6.07) is 4.60. The molecule has 1 heterocycles.